The van der Waals surface area contributed by atoms with Gasteiger partial charge in [-0.2, -0.15) is 5.10 Å². The van der Waals surface area contributed by atoms with Crippen LogP contribution in [0, 0.1) is 6.92 Å². The Morgan fingerprint density at radius 1 is 1.40 bits per heavy atom. The Balaban J connectivity index is 1.97. The number of nitrogens with zero attached hydrogens (tertiary/aromatic N) is 3. The molecule has 2 aromatic heterocycles. The number of amides is 1. The molecule has 0 saturated carbocycles. The van der Waals surface area contributed by atoms with Gasteiger partial charge in [0.25, 0.3) is 0 Å². The summed E-state index contributed by atoms with van der Waals surface area (Å²) in [6.07, 6.45) is 5.29. The highest BCUT2D eigenvalue weighted by atomic mass is 16.2. The first-order valence-corrected chi connectivity index (χ1v) is 6.45. The summed E-state index contributed by atoms with van der Waals surface area (Å²) in [6, 6.07) is 3.49. The highest BCUT2D eigenvalue weighted by molar-refractivity contribution is 5.82. The van der Waals surface area contributed by atoms with Crippen molar-refractivity contribution in [1.82, 2.24) is 25.4 Å². The van der Waals surface area contributed by atoms with E-state index >= 15 is 0 Å². The van der Waals surface area contributed by atoms with Gasteiger partial charge in [0.1, 0.15) is 6.04 Å². The average molecular weight is 273 g/mol. The van der Waals surface area contributed by atoms with Crippen molar-refractivity contribution in [1.29, 1.82) is 0 Å². The molecule has 0 aliphatic rings. The molecule has 0 saturated heterocycles. The first-order chi connectivity index (χ1) is 9.60. The average Bonchev–Trinajstić information content (AvgIpc) is 2.85. The Hall–Kier alpha value is -2.21. The van der Waals surface area contributed by atoms with Crippen molar-refractivity contribution in [3.63, 3.8) is 0 Å². The van der Waals surface area contributed by atoms with Gasteiger partial charge in [-0.1, -0.05) is 6.07 Å². The van der Waals surface area contributed by atoms with Crippen LogP contribution in [0.3, 0.4) is 0 Å². The van der Waals surface area contributed by atoms with Crippen LogP contribution >= 0.6 is 0 Å². The number of nitrogens with one attached hydrogen (secondary N) is 2. The maximum Gasteiger partial charge on any atom is 0.242 e. The van der Waals surface area contributed by atoms with E-state index in [-0.39, 0.29) is 5.91 Å². The van der Waals surface area contributed by atoms with Crippen LogP contribution in [0.1, 0.15) is 22.9 Å². The number of aromatic nitrogens is 3. The number of rotatable bonds is 5. The predicted molar refractivity (Wildman–Crippen MR) is 75.8 cm³/mol. The van der Waals surface area contributed by atoms with Crippen LogP contribution in [0.15, 0.2) is 30.7 Å². The summed E-state index contributed by atoms with van der Waals surface area (Å²) in [4.78, 5) is 16.4. The molecule has 0 bridgehead atoms. The van der Waals surface area contributed by atoms with Gasteiger partial charge < -0.3 is 10.6 Å². The third-order valence-corrected chi connectivity index (χ3v) is 3.05. The normalized spacial score (nSPS) is 12.2. The van der Waals surface area contributed by atoms with Crippen LogP contribution in [0.5, 0.6) is 0 Å². The summed E-state index contributed by atoms with van der Waals surface area (Å²) >= 11 is 0. The van der Waals surface area contributed by atoms with Crippen molar-refractivity contribution in [2.45, 2.75) is 19.5 Å². The molecular formula is C14H19N5O. The number of pyridine rings is 1. The second kappa shape index (κ2) is 6.29. The summed E-state index contributed by atoms with van der Waals surface area (Å²) in [6.45, 7) is 2.40. The van der Waals surface area contributed by atoms with E-state index in [2.05, 4.69) is 20.7 Å². The molecule has 0 aliphatic carbocycles. The molecule has 2 N–H and O–H groups in total. The molecule has 6 heteroatoms. The molecule has 0 fully saturated rings. The molecular weight excluding hydrogens is 254 g/mol. The SMILES string of the molecule is CNC(C(=O)NCc1ccc(C)nc1)c1cnn(C)c1. The predicted octanol–water partition coefficient (Wildman–Crippen LogP) is 0.700. The zero-order valence-electron chi connectivity index (χ0n) is 11.9. The molecule has 0 aliphatic heterocycles. The van der Waals surface area contributed by atoms with E-state index in [1.165, 1.54) is 0 Å². The van der Waals surface area contributed by atoms with Gasteiger partial charge in [0.15, 0.2) is 0 Å². The fourth-order valence-corrected chi connectivity index (χ4v) is 1.93. The second-order valence-corrected chi connectivity index (χ2v) is 4.69. The van der Waals surface area contributed by atoms with E-state index < -0.39 is 6.04 Å². The fourth-order valence-electron chi connectivity index (χ4n) is 1.93. The molecule has 2 aromatic rings. The Morgan fingerprint density at radius 3 is 2.75 bits per heavy atom. The van der Waals surface area contributed by atoms with Crippen LogP contribution < -0.4 is 10.6 Å². The molecule has 1 atom stereocenters. The van der Waals surface area contributed by atoms with Crippen LogP contribution in [0.4, 0.5) is 0 Å². The van der Waals surface area contributed by atoms with E-state index in [4.69, 9.17) is 0 Å². The van der Waals surface area contributed by atoms with E-state index in [1.807, 2.05) is 32.3 Å². The Labute approximate surface area is 118 Å². The number of likely N-dealkylation sites (N-methyl/N-ethyl adjacent to an activating group) is 1. The lowest BCUT2D eigenvalue weighted by Gasteiger charge is -2.14. The summed E-state index contributed by atoms with van der Waals surface area (Å²) in [5.74, 6) is -0.0823. The van der Waals surface area contributed by atoms with Gasteiger partial charge in [0.2, 0.25) is 5.91 Å². The third-order valence-electron chi connectivity index (χ3n) is 3.05. The van der Waals surface area contributed by atoms with Gasteiger partial charge in [-0.25, -0.2) is 0 Å². The number of hydrogen-bond donors (Lipinski definition) is 2. The molecule has 2 rings (SSSR count). The maximum atomic E-state index is 12.2. The second-order valence-electron chi connectivity index (χ2n) is 4.69. The Bertz CT molecular complexity index is 576. The van der Waals surface area contributed by atoms with E-state index in [1.54, 1.807) is 24.1 Å². The van der Waals surface area contributed by atoms with Crippen LogP contribution in [-0.4, -0.2) is 27.7 Å². The minimum absolute atomic E-state index is 0.0823. The van der Waals surface area contributed by atoms with Crippen LogP contribution in [0.25, 0.3) is 0 Å². The fraction of sp³-hybridized carbons (Fsp3) is 0.357. The minimum atomic E-state index is -0.401. The van der Waals surface area contributed by atoms with Crippen LogP contribution in [-0.2, 0) is 18.4 Å². The smallest absolute Gasteiger partial charge is 0.242 e. The van der Waals surface area contributed by atoms with Gasteiger partial charge in [0.05, 0.1) is 6.20 Å². The third kappa shape index (κ3) is 3.42. The van der Waals surface area contributed by atoms with Crippen molar-refractivity contribution in [2.75, 3.05) is 7.05 Å². The summed E-state index contributed by atoms with van der Waals surface area (Å²) < 4.78 is 1.68. The molecule has 6 nitrogen and oxygen atoms in total. The number of carbonyl (C=O) groups excluding carboxylic acids is 1. The van der Waals surface area contributed by atoms with E-state index in [0.717, 1.165) is 16.8 Å². The number of aryl methyl sites for hydroxylation is 2. The molecule has 106 valence electrons. The lowest BCUT2D eigenvalue weighted by atomic mass is 10.1. The highest BCUT2D eigenvalue weighted by Crippen LogP contribution is 2.11. The molecule has 1 amide bonds. The Kier molecular flexibility index (Phi) is 4.47. The van der Waals surface area contributed by atoms with Crippen LogP contribution in [0.2, 0.25) is 0 Å². The van der Waals surface area contributed by atoms with Gasteiger partial charge >= 0.3 is 0 Å². The summed E-state index contributed by atoms with van der Waals surface area (Å²) in [5, 5.41) is 9.98. The quantitative estimate of drug-likeness (QED) is 0.841. The zero-order valence-corrected chi connectivity index (χ0v) is 11.9. The lowest BCUT2D eigenvalue weighted by molar-refractivity contribution is -0.123. The molecule has 2 heterocycles. The van der Waals surface area contributed by atoms with Crippen molar-refractivity contribution in [2.24, 2.45) is 7.05 Å². The monoisotopic (exact) mass is 273 g/mol. The first-order valence-electron chi connectivity index (χ1n) is 6.45. The molecule has 0 aromatic carbocycles. The topological polar surface area (TPSA) is 71.8 Å². The van der Waals surface area contributed by atoms with Crippen molar-refractivity contribution < 1.29 is 4.79 Å². The minimum Gasteiger partial charge on any atom is -0.350 e. The van der Waals surface area contributed by atoms with Gasteiger partial charge in [0, 0.05) is 37.2 Å². The highest BCUT2D eigenvalue weighted by Gasteiger charge is 2.19. The van der Waals surface area contributed by atoms with Crippen molar-refractivity contribution >= 4 is 5.91 Å². The van der Waals surface area contributed by atoms with Crippen molar-refractivity contribution in [3.8, 4) is 0 Å². The summed E-state index contributed by atoms with van der Waals surface area (Å²) in [7, 11) is 3.58. The molecule has 0 spiro atoms. The first kappa shape index (κ1) is 14.2. The van der Waals surface area contributed by atoms with E-state index in [0.29, 0.717) is 6.54 Å². The number of carbonyl (C=O) groups is 1. The zero-order chi connectivity index (χ0) is 14.5. The summed E-state index contributed by atoms with van der Waals surface area (Å²) in [5.41, 5.74) is 2.78. The van der Waals surface area contributed by atoms with Crippen molar-refractivity contribution in [3.05, 3.63) is 47.5 Å². The Morgan fingerprint density at radius 2 is 2.20 bits per heavy atom. The van der Waals surface area contributed by atoms with Gasteiger partial charge in [-0.05, 0) is 25.6 Å². The van der Waals surface area contributed by atoms with E-state index in [9.17, 15) is 4.79 Å². The lowest BCUT2D eigenvalue weighted by Crippen LogP contribution is -2.35. The largest absolute Gasteiger partial charge is 0.350 e. The standard InChI is InChI=1S/C14H19N5O/c1-10-4-5-11(6-16-10)7-17-14(20)13(15-2)12-8-18-19(3)9-12/h4-6,8-9,13,15H,7H2,1-3H3,(H,17,20). The van der Waals surface area contributed by atoms with Gasteiger partial charge in [-0.3, -0.25) is 14.5 Å². The molecule has 20 heavy (non-hydrogen) atoms. The number of hydrogen-bond acceptors (Lipinski definition) is 4. The molecule has 1 unspecified atom stereocenters. The van der Waals surface area contributed by atoms with Gasteiger partial charge in [-0.15, -0.1) is 0 Å². The molecule has 0 radical (unpaired) electrons. The maximum absolute atomic E-state index is 12.2.